The molecule has 0 saturated heterocycles. The Kier molecular flexibility index (Phi) is 5.99. The van der Waals surface area contributed by atoms with Crippen LogP contribution in [0.4, 0.5) is 5.69 Å². The fraction of sp³-hybridized carbons (Fsp3) is 0.182. The smallest absolute Gasteiger partial charge is 0.357 e. The lowest BCUT2D eigenvalue weighted by atomic mass is 10.1. The number of methoxy groups -OCH3 is 1. The number of carbonyl (C=O) groups is 2. The van der Waals surface area contributed by atoms with Gasteiger partial charge in [0.1, 0.15) is 11.3 Å². The third-order valence-electron chi connectivity index (χ3n) is 4.71. The van der Waals surface area contributed by atoms with Crippen molar-refractivity contribution < 1.29 is 19.1 Å². The Morgan fingerprint density at radius 3 is 2.67 bits per heavy atom. The third-order valence-corrected chi connectivity index (χ3v) is 4.71. The van der Waals surface area contributed by atoms with Gasteiger partial charge < -0.3 is 9.47 Å². The number of benzene rings is 2. The van der Waals surface area contributed by atoms with Gasteiger partial charge in [-0.05, 0) is 49.4 Å². The highest BCUT2D eigenvalue weighted by Gasteiger charge is 2.20. The van der Waals surface area contributed by atoms with E-state index >= 15 is 0 Å². The first-order valence-electron chi connectivity index (χ1n) is 9.85. The number of aromatic nitrogens is 4. The predicted octanol–water partition coefficient (Wildman–Crippen LogP) is 3.32. The van der Waals surface area contributed by atoms with E-state index in [-0.39, 0.29) is 18.1 Å². The van der Waals surface area contributed by atoms with E-state index in [1.165, 1.54) is 17.7 Å². The molecule has 0 spiro atoms. The molecule has 0 saturated carbocycles. The minimum absolute atomic E-state index is 0.186. The summed E-state index contributed by atoms with van der Waals surface area (Å²) in [5.74, 6) is -0.240. The van der Waals surface area contributed by atoms with Gasteiger partial charge in [-0.3, -0.25) is 9.20 Å². The van der Waals surface area contributed by atoms with Gasteiger partial charge in [-0.1, -0.05) is 0 Å². The molecule has 1 unspecified atom stereocenters. The Hall–Kier alpha value is -4.72. The van der Waals surface area contributed by atoms with Crippen molar-refractivity contribution in [2.24, 2.45) is 10.2 Å². The Labute approximate surface area is 187 Å². The number of nitrogens with zero attached hydrogens (tertiary/aromatic N) is 7. The number of esters is 1. The van der Waals surface area contributed by atoms with Crippen LogP contribution in [0.25, 0.3) is 16.8 Å². The summed E-state index contributed by atoms with van der Waals surface area (Å²) in [7, 11) is 1.52. The van der Waals surface area contributed by atoms with Crippen LogP contribution < -0.4 is 4.74 Å². The van der Waals surface area contributed by atoms with Crippen LogP contribution in [0.15, 0.2) is 58.9 Å². The number of azo groups is 1. The topological polar surface area (TPSA) is 144 Å². The predicted molar refractivity (Wildman–Crippen MR) is 115 cm³/mol. The van der Waals surface area contributed by atoms with Crippen LogP contribution in [-0.4, -0.2) is 51.1 Å². The lowest BCUT2D eigenvalue weighted by molar-refractivity contribution is 0.0518. The Balaban J connectivity index is 1.68. The lowest BCUT2D eigenvalue weighted by Gasteiger charge is -2.06. The second kappa shape index (κ2) is 9.19. The number of ketones is 1. The number of fused-ring (bicyclic) bond motifs is 3. The fourth-order valence-corrected chi connectivity index (χ4v) is 3.11. The molecule has 4 rings (SSSR count). The normalized spacial score (nSPS) is 12.0. The number of nitriles is 1. The largest absolute Gasteiger partial charge is 0.497 e. The average molecular weight is 443 g/mol. The number of ether oxygens (including phenoxy) is 2. The van der Waals surface area contributed by atoms with Crippen LogP contribution in [0.5, 0.6) is 5.75 Å². The highest BCUT2D eigenvalue weighted by molar-refractivity contribution is 6.02. The highest BCUT2D eigenvalue weighted by atomic mass is 16.5. The number of hydrogen-bond donors (Lipinski definition) is 0. The zero-order valence-corrected chi connectivity index (χ0v) is 17.7. The zero-order valence-electron chi connectivity index (χ0n) is 17.7. The first kappa shape index (κ1) is 21.5. The van der Waals surface area contributed by atoms with Gasteiger partial charge in [-0.25, -0.2) is 9.78 Å². The van der Waals surface area contributed by atoms with Gasteiger partial charge in [0, 0.05) is 5.56 Å². The van der Waals surface area contributed by atoms with E-state index in [4.69, 9.17) is 9.47 Å². The van der Waals surface area contributed by atoms with E-state index in [0.29, 0.717) is 28.0 Å². The SMILES string of the molecule is CCOC(=O)c1cnc2nnc3ccc(N=NC(C#N)C(=O)c4ccc(OC)cc4)cc3n12. The van der Waals surface area contributed by atoms with Crippen LogP contribution in [0.1, 0.15) is 27.8 Å². The summed E-state index contributed by atoms with van der Waals surface area (Å²) in [6.07, 6.45) is 1.36. The van der Waals surface area contributed by atoms with E-state index < -0.39 is 17.8 Å². The molecule has 0 aliphatic heterocycles. The summed E-state index contributed by atoms with van der Waals surface area (Å²) in [6.45, 7) is 1.91. The molecule has 0 bridgehead atoms. The molecule has 4 aromatic rings. The summed E-state index contributed by atoms with van der Waals surface area (Å²) in [4.78, 5) is 29.0. The molecule has 11 nitrogen and oxygen atoms in total. The minimum Gasteiger partial charge on any atom is -0.497 e. The van der Waals surface area contributed by atoms with Crippen LogP contribution in [-0.2, 0) is 4.74 Å². The van der Waals surface area contributed by atoms with Crippen molar-refractivity contribution in [2.45, 2.75) is 13.0 Å². The van der Waals surface area contributed by atoms with Crippen molar-refractivity contribution in [1.29, 1.82) is 5.26 Å². The van der Waals surface area contributed by atoms with Crippen LogP contribution in [0.3, 0.4) is 0 Å². The van der Waals surface area contributed by atoms with E-state index in [2.05, 4.69) is 25.4 Å². The maximum Gasteiger partial charge on any atom is 0.357 e. The molecule has 0 radical (unpaired) electrons. The van der Waals surface area contributed by atoms with Gasteiger partial charge in [-0.15, -0.1) is 10.2 Å². The van der Waals surface area contributed by atoms with Gasteiger partial charge in [0.2, 0.25) is 11.8 Å². The average Bonchev–Trinajstić information content (AvgIpc) is 3.29. The summed E-state index contributed by atoms with van der Waals surface area (Å²) in [5, 5.41) is 25.5. The second-order valence-corrected chi connectivity index (χ2v) is 6.71. The van der Waals surface area contributed by atoms with Crippen molar-refractivity contribution in [3.05, 3.63) is 59.9 Å². The van der Waals surface area contributed by atoms with Gasteiger partial charge in [-0.2, -0.15) is 15.5 Å². The molecule has 0 N–H and O–H groups in total. The molecule has 2 aromatic heterocycles. The highest BCUT2D eigenvalue weighted by Crippen LogP contribution is 2.23. The van der Waals surface area contributed by atoms with Gasteiger partial charge in [0.05, 0.1) is 37.2 Å². The molecule has 11 heteroatoms. The van der Waals surface area contributed by atoms with Crippen molar-refractivity contribution in [1.82, 2.24) is 19.6 Å². The molecule has 0 aliphatic rings. The summed E-state index contributed by atoms with van der Waals surface area (Å²) in [6, 6.07) is 11.8. The summed E-state index contributed by atoms with van der Waals surface area (Å²) >= 11 is 0. The number of rotatable bonds is 7. The molecule has 1 atom stereocenters. The number of imidazole rings is 1. The van der Waals surface area contributed by atoms with Gasteiger partial charge in [0.25, 0.3) is 5.78 Å². The van der Waals surface area contributed by atoms with E-state index in [1.807, 2.05) is 6.07 Å². The van der Waals surface area contributed by atoms with Crippen molar-refractivity contribution in [3.8, 4) is 11.8 Å². The van der Waals surface area contributed by atoms with E-state index in [9.17, 15) is 14.9 Å². The number of hydrogen-bond acceptors (Lipinski definition) is 10. The maximum atomic E-state index is 12.6. The number of carbonyl (C=O) groups excluding carboxylic acids is 2. The quantitative estimate of drug-likeness (QED) is 0.240. The Morgan fingerprint density at radius 2 is 1.97 bits per heavy atom. The van der Waals surface area contributed by atoms with Crippen LogP contribution in [0, 0.1) is 11.3 Å². The monoisotopic (exact) mass is 443 g/mol. The van der Waals surface area contributed by atoms with Gasteiger partial charge in [0.15, 0.2) is 5.69 Å². The molecule has 2 heterocycles. The molecule has 0 aliphatic carbocycles. The van der Waals surface area contributed by atoms with E-state index in [1.54, 1.807) is 49.4 Å². The molecule has 33 heavy (non-hydrogen) atoms. The molecule has 0 amide bonds. The standard InChI is InChI=1S/C22H17N7O4/c1-3-33-21(31)19-12-24-22-28-26-16-9-6-14(10-18(16)29(19)22)25-27-17(11-23)20(30)13-4-7-15(32-2)8-5-13/h4-10,12,17H,3H2,1-2H3. The molecule has 164 valence electrons. The van der Waals surface area contributed by atoms with Crippen molar-refractivity contribution in [2.75, 3.05) is 13.7 Å². The summed E-state index contributed by atoms with van der Waals surface area (Å²) < 4.78 is 11.7. The summed E-state index contributed by atoms with van der Waals surface area (Å²) in [5.41, 5.74) is 1.82. The van der Waals surface area contributed by atoms with Crippen molar-refractivity contribution >= 4 is 34.3 Å². The van der Waals surface area contributed by atoms with E-state index in [0.717, 1.165) is 0 Å². The second-order valence-electron chi connectivity index (χ2n) is 6.71. The van der Waals surface area contributed by atoms with Crippen LogP contribution in [0.2, 0.25) is 0 Å². The van der Waals surface area contributed by atoms with Crippen molar-refractivity contribution in [3.63, 3.8) is 0 Å². The Morgan fingerprint density at radius 1 is 1.18 bits per heavy atom. The molecule has 2 aromatic carbocycles. The minimum atomic E-state index is -1.33. The first-order chi connectivity index (χ1) is 16.0. The number of Topliss-reactive ketones (excluding diaryl/α,β-unsaturated/α-hetero) is 1. The molecule has 0 fully saturated rings. The third kappa shape index (κ3) is 4.22. The molecular formula is C22H17N7O4. The first-order valence-corrected chi connectivity index (χ1v) is 9.85. The zero-order chi connectivity index (χ0) is 23.4. The Bertz CT molecular complexity index is 1420. The fourth-order valence-electron chi connectivity index (χ4n) is 3.11. The maximum absolute atomic E-state index is 12.6. The van der Waals surface area contributed by atoms with Crippen LogP contribution >= 0.6 is 0 Å². The van der Waals surface area contributed by atoms with Gasteiger partial charge >= 0.3 is 5.97 Å². The lowest BCUT2D eigenvalue weighted by Crippen LogP contribution is -2.16. The molecular weight excluding hydrogens is 426 g/mol.